The number of aryl methyl sites for hydroxylation is 2. The fourth-order valence-corrected chi connectivity index (χ4v) is 4.49. The molecule has 3 fully saturated rings. The van der Waals surface area contributed by atoms with Crippen molar-refractivity contribution < 1.29 is 23.6 Å². The van der Waals surface area contributed by atoms with Crippen LogP contribution in [0.3, 0.4) is 0 Å². The highest BCUT2D eigenvalue weighted by molar-refractivity contribution is 5.97. The molecule has 3 saturated heterocycles. The van der Waals surface area contributed by atoms with Crippen molar-refractivity contribution in [1.82, 2.24) is 15.4 Å². The summed E-state index contributed by atoms with van der Waals surface area (Å²) >= 11 is 0. The van der Waals surface area contributed by atoms with Crippen LogP contribution in [0.5, 0.6) is 0 Å². The van der Waals surface area contributed by atoms with Gasteiger partial charge in [0.15, 0.2) is 0 Å². The zero-order chi connectivity index (χ0) is 19.0. The predicted octanol–water partition coefficient (Wildman–Crippen LogP) is 1.06. The molecule has 0 saturated carbocycles. The van der Waals surface area contributed by atoms with Gasteiger partial charge >= 0.3 is 0 Å². The highest BCUT2D eigenvalue weighted by atomic mass is 16.5. The molecule has 0 aliphatic carbocycles. The molecule has 1 aromatic heterocycles. The summed E-state index contributed by atoms with van der Waals surface area (Å²) in [6.07, 6.45) is 2.47. The smallest absolute Gasteiger partial charge is 0.259 e. The van der Waals surface area contributed by atoms with Crippen LogP contribution in [0, 0.1) is 25.7 Å². The van der Waals surface area contributed by atoms with Crippen molar-refractivity contribution in [1.29, 1.82) is 0 Å². The summed E-state index contributed by atoms with van der Waals surface area (Å²) in [6, 6.07) is -0.0648. The Hall–Kier alpha value is -1.93. The first-order valence-electron chi connectivity index (χ1n) is 9.77. The van der Waals surface area contributed by atoms with Crippen LogP contribution in [0.25, 0.3) is 0 Å². The number of hydrogen-bond acceptors (Lipinski definition) is 6. The van der Waals surface area contributed by atoms with Gasteiger partial charge in [0.1, 0.15) is 11.3 Å². The van der Waals surface area contributed by atoms with Crippen LogP contribution in [-0.4, -0.2) is 66.9 Å². The number of carbonyl (C=O) groups is 2. The summed E-state index contributed by atoms with van der Waals surface area (Å²) in [5.41, 5.74) is 1.09. The summed E-state index contributed by atoms with van der Waals surface area (Å²) in [5.74, 6) is 0.505. The average molecular weight is 377 g/mol. The van der Waals surface area contributed by atoms with Crippen LogP contribution in [-0.2, 0) is 14.3 Å². The summed E-state index contributed by atoms with van der Waals surface area (Å²) in [5, 5.41) is 6.97. The fraction of sp³-hybridized carbons (Fsp3) is 0.737. The van der Waals surface area contributed by atoms with Gasteiger partial charge in [0.2, 0.25) is 5.91 Å². The minimum absolute atomic E-state index is 0.0209. The van der Waals surface area contributed by atoms with Gasteiger partial charge in [0, 0.05) is 32.9 Å². The van der Waals surface area contributed by atoms with Crippen molar-refractivity contribution in [3.8, 4) is 0 Å². The number of carbonyl (C=O) groups excluding carboxylic acids is 2. The van der Waals surface area contributed by atoms with Crippen molar-refractivity contribution in [2.45, 2.75) is 45.3 Å². The molecule has 4 heterocycles. The van der Waals surface area contributed by atoms with E-state index in [9.17, 15) is 9.59 Å². The van der Waals surface area contributed by atoms with E-state index in [0.717, 1.165) is 32.5 Å². The van der Waals surface area contributed by atoms with E-state index in [1.165, 1.54) is 0 Å². The Labute approximate surface area is 158 Å². The van der Waals surface area contributed by atoms with E-state index in [1.54, 1.807) is 18.7 Å². The van der Waals surface area contributed by atoms with E-state index in [-0.39, 0.29) is 29.9 Å². The van der Waals surface area contributed by atoms with E-state index in [2.05, 4.69) is 10.5 Å². The van der Waals surface area contributed by atoms with Crippen molar-refractivity contribution in [3.05, 3.63) is 17.0 Å². The van der Waals surface area contributed by atoms with Gasteiger partial charge in [0.05, 0.1) is 23.8 Å². The lowest BCUT2D eigenvalue weighted by Crippen LogP contribution is -2.40. The fourth-order valence-electron chi connectivity index (χ4n) is 4.49. The number of rotatable bonds is 4. The lowest BCUT2D eigenvalue weighted by Gasteiger charge is -2.23. The number of amides is 2. The first-order valence-corrected chi connectivity index (χ1v) is 9.77. The largest absolute Gasteiger partial charge is 0.381 e. The molecule has 148 valence electrons. The molecule has 0 aromatic carbocycles. The number of hydrogen-bond donors (Lipinski definition) is 1. The molecule has 27 heavy (non-hydrogen) atoms. The molecule has 1 aromatic rings. The molecule has 3 unspecified atom stereocenters. The Balaban J connectivity index is 1.44. The van der Waals surface area contributed by atoms with E-state index >= 15 is 0 Å². The van der Waals surface area contributed by atoms with Crippen LogP contribution < -0.4 is 5.32 Å². The molecule has 0 bridgehead atoms. The maximum absolute atomic E-state index is 13.1. The number of nitrogens with zero attached hydrogens (tertiary/aromatic N) is 2. The number of fused-ring (bicyclic) bond motifs is 1. The van der Waals surface area contributed by atoms with Gasteiger partial charge in [0.25, 0.3) is 5.91 Å². The SMILES string of the molecule is Cc1noc(C)c1C(=O)N1CC(C(=O)NCC2CCOCC2)C2OCCC21. The van der Waals surface area contributed by atoms with Crippen LogP contribution in [0.1, 0.15) is 41.1 Å². The van der Waals surface area contributed by atoms with Gasteiger partial charge in [-0.25, -0.2) is 0 Å². The average Bonchev–Trinajstić information content (AvgIpc) is 3.36. The monoisotopic (exact) mass is 377 g/mol. The second kappa shape index (κ2) is 7.59. The van der Waals surface area contributed by atoms with E-state index in [0.29, 0.717) is 42.6 Å². The topological polar surface area (TPSA) is 93.9 Å². The van der Waals surface area contributed by atoms with Crippen LogP contribution in [0.2, 0.25) is 0 Å². The summed E-state index contributed by atoms with van der Waals surface area (Å²) < 4.78 is 16.4. The molecule has 2 amide bonds. The minimum Gasteiger partial charge on any atom is -0.381 e. The Bertz CT molecular complexity index is 693. The molecule has 3 atom stereocenters. The molecule has 0 radical (unpaired) electrons. The summed E-state index contributed by atoms with van der Waals surface area (Å²) in [4.78, 5) is 27.7. The zero-order valence-electron chi connectivity index (χ0n) is 15.9. The van der Waals surface area contributed by atoms with Crippen molar-refractivity contribution in [2.24, 2.45) is 11.8 Å². The molecule has 8 heteroatoms. The molecule has 3 aliphatic rings. The maximum atomic E-state index is 13.1. The van der Waals surface area contributed by atoms with E-state index in [1.807, 2.05) is 0 Å². The van der Waals surface area contributed by atoms with Gasteiger partial charge in [-0.15, -0.1) is 0 Å². The quantitative estimate of drug-likeness (QED) is 0.843. The summed E-state index contributed by atoms with van der Waals surface area (Å²) in [7, 11) is 0. The normalized spacial score (nSPS) is 28.4. The van der Waals surface area contributed by atoms with E-state index in [4.69, 9.17) is 14.0 Å². The second-order valence-electron chi connectivity index (χ2n) is 7.76. The van der Waals surface area contributed by atoms with Gasteiger partial charge in [-0.05, 0) is 39.0 Å². The highest BCUT2D eigenvalue weighted by Gasteiger charge is 2.51. The lowest BCUT2D eigenvalue weighted by atomic mass is 9.98. The van der Waals surface area contributed by atoms with Crippen molar-refractivity contribution in [2.75, 3.05) is 32.9 Å². The molecular formula is C19H27N3O5. The predicted molar refractivity (Wildman–Crippen MR) is 95.2 cm³/mol. The highest BCUT2D eigenvalue weighted by Crippen LogP contribution is 2.35. The zero-order valence-corrected chi connectivity index (χ0v) is 15.9. The maximum Gasteiger partial charge on any atom is 0.259 e. The molecule has 1 N–H and O–H groups in total. The molecule has 4 rings (SSSR count). The third-order valence-corrected chi connectivity index (χ3v) is 6.04. The standard InChI is InChI=1S/C19H27N3O5/c1-11-16(12(2)27-21-11)19(24)22-10-14(17-15(22)5-8-26-17)18(23)20-9-13-3-6-25-7-4-13/h13-15,17H,3-10H2,1-2H3,(H,20,23). The third-order valence-electron chi connectivity index (χ3n) is 6.04. The lowest BCUT2D eigenvalue weighted by molar-refractivity contribution is -0.128. The Morgan fingerprint density at radius 3 is 2.67 bits per heavy atom. The first-order chi connectivity index (χ1) is 13.1. The minimum atomic E-state index is -0.332. The van der Waals surface area contributed by atoms with Gasteiger partial charge in [-0.1, -0.05) is 5.16 Å². The number of aromatic nitrogens is 1. The second-order valence-corrected chi connectivity index (χ2v) is 7.76. The van der Waals surface area contributed by atoms with Crippen molar-refractivity contribution in [3.63, 3.8) is 0 Å². The first kappa shape index (κ1) is 18.4. The Kier molecular flexibility index (Phi) is 5.19. The Morgan fingerprint density at radius 1 is 1.19 bits per heavy atom. The number of ether oxygens (including phenoxy) is 2. The van der Waals surface area contributed by atoms with Gasteiger partial charge < -0.3 is 24.2 Å². The molecule has 8 nitrogen and oxygen atoms in total. The van der Waals surface area contributed by atoms with Crippen molar-refractivity contribution >= 4 is 11.8 Å². The Morgan fingerprint density at radius 2 is 1.96 bits per heavy atom. The number of likely N-dealkylation sites (tertiary alicyclic amines) is 1. The molecule has 3 aliphatic heterocycles. The van der Waals surface area contributed by atoms with Crippen LogP contribution in [0.15, 0.2) is 4.52 Å². The van der Waals surface area contributed by atoms with Gasteiger partial charge in [-0.2, -0.15) is 0 Å². The molecule has 0 spiro atoms. The van der Waals surface area contributed by atoms with Crippen LogP contribution >= 0.6 is 0 Å². The third kappa shape index (κ3) is 3.48. The van der Waals surface area contributed by atoms with E-state index < -0.39 is 0 Å². The molecular weight excluding hydrogens is 350 g/mol. The summed E-state index contributed by atoms with van der Waals surface area (Å²) in [6.45, 7) is 6.63. The number of nitrogens with one attached hydrogen (secondary N) is 1. The van der Waals surface area contributed by atoms with Crippen LogP contribution in [0.4, 0.5) is 0 Å². The van der Waals surface area contributed by atoms with Gasteiger partial charge in [-0.3, -0.25) is 9.59 Å².